The number of carboxylic acid groups (broad SMARTS) is 1. The zero-order chi connectivity index (χ0) is 13.1. The third-order valence-electron chi connectivity index (χ3n) is 2.22. The average molecular weight is 312 g/mol. The average Bonchev–Trinajstić information content (AvgIpc) is 2.73. The van der Waals surface area contributed by atoms with Gasteiger partial charge in [-0.3, -0.25) is 0 Å². The Bertz CT molecular complexity index is 579. The standard InChI is InChI=1S/C12H10BrNO4/c1-7-4-9(14-18-7)6-17-11-3-2-8(13)5-10(11)12(15)16/h2-5H,6H2,1H3,(H,15,16). The van der Waals surface area contributed by atoms with Crippen LogP contribution in [0.3, 0.4) is 0 Å². The Hall–Kier alpha value is -1.82. The summed E-state index contributed by atoms with van der Waals surface area (Å²) >= 11 is 3.22. The highest BCUT2D eigenvalue weighted by molar-refractivity contribution is 9.10. The van der Waals surface area contributed by atoms with E-state index in [-0.39, 0.29) is 12.2 Å². The maximum absolute atomic E-state index is 11.1. The number of aryl methyl sites for hydroxylation is 1. The zero-order valence-corrected chi connectivity index (χ0v) is 11.1. The van der Waals surface area contributed by atoms with Gasteiger partial charge in [-0.2, -0.15) is 0 Å². The lowest BCUT2D eigenvalue weighted by molar-refractivity contribution is 0.0691. The van der Waals surface area contributed by atoms with E-state index >= 15 is 0 Å². The van der Waals surface area contributed by atoms with Crippen molar-refractivity contribution >= 4 is 21.9 Å². The van der Waals surface area contributed by atoms with Crippen molar-refractivity contribution in [3.63, 3.8) is 0 Å². The minimum absolute atomic E-state index is 0.101. The van der Waals surface area contributed by atoms with Crippen LogP contribution in [0.25, 0.3) is 0 Å². The van der Waals surface area contributed by atoms with Crippen LogP contribution in [0.1, 0.15) is 21.8 Å². The van der Waals surface area contributed by atoms with Crippen LogP contribution >= 0.6 is 15.9 Å². The molecule has 6 heteroatoms. The minimum Gasteiger partial charge on any atom is -0.486 e. The summed E-state index contributed by atoms with van der Waals surface area (Å²) in [5.41, 5.74) is 0.719. The topological polar surface area (TPSA) is 72.6 Å². The number of carbonyl (C=O) groups is 1. The Morgan fingerprint density at radius 1 is 1.50 bits per heavy atom. The first-order chi connectivity index (χ1) is 8.56. The Balaban J connectivity index is 2.16. The number of hydrogen-bond acceptors (Lipinski definition) is 4. The van der Waals surface area contributed by atoms with Crippen molar-refractivity contribution in [1.82, 2.24) is 5.16 Å². The zero-order valence-electron chi connectivity index (χ0n) is 9.51. The number of nitrogens with zero attached hydrogens (tertiary/aromatic N) is 1. The number of halogens is 1. The van der Waals surface area contributed by atoms with Gasteiger partial charge in [0.25, 0.3) is 0 Å². The molecule has 18 heavy (non-hydrogen) atoms. The van der Waals surface area contributed by atoms with Crippen LogP contribution in [0, 0.1) is 6.92 Å². The Morgan fingerprint density at radius 3 is 2.89 bits per heavy atom. The molecule has 0 aliphatic heterocycles. The van der Waals surface area contributed by atoms with E-state index in [0.29, 0.717) is 21.7 Å². The molecule has 0 radical (unpaired) electrons. The minimum atomic E-state index is -1.04. The maximum Gasteiger partial charge on any atom is 0.339 e. The Kier molecular flexibility index (Phi) is 3.66. The van der Waals surface area contributed by atoms with Crippen LogP contribution in [-0.4, -0.2) is 16.2 Å². The molecule has 0 saturated carbocycles. The highest BCUT2D eigenvalue weighted by Crippen LogP contribution is 2.24. The third kappa shape index (κ3) is 2.89. The van der Waals surface area contributed by atoms with Crippen LogP contribution in [0.2, 0.25) is 0 Å². The lowest BCUT2D eigenvalue weighted by Gasteiger charge is -2.07. The van der Waals surface area contributed by atoms with Crippen molar-refractivity contribution in [2.45, 2.75) is 13.5 Å². The van der Waals surface area contributed by atoms with Gasteiger partial charge in [-0.15, -0.1) is 0 Å². The van der Waals surface area contributed by atoms with Crippen LogP contribution in [-0.2, 0) is 6.61 Å². The van der Waals surface area contributed by atoms with Gasteiger partial charge in [0.05, 0.1) is 0 Å². The molecule has 1 aromatic carbocycles. The molecule has 2 rings (SSSR count). The van der Waals surface area contributed by atoms with E-state index in [1.807, 2.05) is 0 Å². The van der Waals surface area contributed by atoms with E-state index in [1.165, 1.54) is 6.07 Å². The summed E-state index contributed by atoms with van der Waals surface area (Å²) in [6.07, 6.45) is 0. The Labute approximate surface area is 111 Å². The molecule has 0 aliphatic rings. The summed E-state index contributed by atoms with van der Waals surface area (Å²) in [6, 6.07) is 6.54. The number of hydrogen-bond donors (Lipinski definition) is 1. The largest absolute Gasteiger partial charge is 0.486 e. The Morgan fingerprint density at radius 2 is 2.28 bits per heavy atom. The molecule has 0 atom stereocenters. The summed E-state index contributed by atoms with van der Waals surface area (Å²) in [5, 5.41) is 12.8. The fraction of sp³-hybridized carbons (Fsp3) is 0.167. The summed E-state index contributed by atoms with van der Waals surface area (Å²) in [6.45, 7) is 1.94. The van der Waals surface area contributed by atoms with Gasteiger partial charge in [-0.05, 0) is 25.1 Å². The monoisotopic (exact) mass is 311 g/mol. The molecule has 0 unspecified atom stereocenters. The first kappa shape index (κ1) is 12.6. The molecule has 0 bridgehead atoms. The highest BCUT2D eigenvalue weighted by Gasteiger charge is 2.12. The van der Waals surface area contributed by atoms with Crippen LogP contribution in [0.15, 0.2) is 33.3 Å². The van der Waals surface area contributed by atoms with Gasteiger partial charge in [-0.25, -0.2) is 4.79 Å². The highest BCUT2D eigenvalue weighted by atomic mass is 79.9. The van der Waals surface area contributed by atoms with Gasteiger partial charge in [0.2, 0.25) is 0 Å². The van der Waals surface area contributed by atoms with Crippen molar-refractivity contribution in [1.29, 1.82) is 0 Å². The van der Waals surface area contributed by atoms with Gasteiger partial charge in [0.15, 0.2) is 0 Å². The second kappa shape index (κ2) is 5.22. The van der Waals surface area contributed by atoms with Gasteiger partial charge in [0, 0.05) is 10.5 Å². The molecule has 0 saturated heterocycles. The van der Waals surface area contributed by atoms with E-state index < -0.39 is 5.97 Å². The van der Waals surface area contributed by atoms with Crippen molar-refractivity contribution in [3.8, 4) is 5.75 Å². The fourth-order valence-electron chi connectivity index (χ4n) is 1.43. The van der Waals surface area contributed by atoms with E-state index in [4.69, 9.17) is 14.4 Å². The number of rotatable bonds is 4. The van der Waals surface area contributed by atoms with Crippen molar-refractivity contribution < 1.29 is 19.2 Å². The molecule has 94 valence electrons. The summed E-state index contributed by atoms with van der Waals surface area (Å²) in [7, 11) is 0. The first-order valence-corrected chi connectivity index (χ1v) is 5.93. The molecule has 0 spiro atoms. The molecule has 1 aromatic heterocycles. The molecule has 2 aromatic rings. The quantitative estimate of drug-likeness (QED) is 0.939. The summed E-state index contributed by atoms with van der Waals surface area (Å²) < 4.78 is 11.0. The number of aromatic nitrogens is 1. The van der Waals surface area contributed by atoms with E-state index in [9.17, 15) is 4.79 Å². The third-order valence-corrected chi connectivity index (χ3v) is 2.72. The first-order valence-electron chi connectivity index (χ1n) is 5.14. The van der Waals surface area contributed by atoms with Crippen LogP contribution < -0.4 is 4.74 Å². The fourth-order valence-corrected chi connectivity index (χ4v) is 1.79. The molecule has 1 N–H and O–H groups in total. The SMILES string of the molecule is Cc1cc(COc2ccc(Br)cc2C(=O)O)no1. The number of carboxylic acids is 1. The van der Waals surface area contributed by atoms with Crippen molar-refractivity contribution in [3.05, 3.63) is 45.8 Å². The molecule has 0 aliphatic carbocycles. The number of ether oxygens (including phenoxy) is 1. The molecular weight excluding hydrogens is 302 g/mol. The molecule has 1 heterocycles. The van der Waals surface area contributed by atoms with Crippen molar-refractivity contribution in [2.75, 3.05) is 0 Å². The van der Waals surface area contributed by atoms with Gasteiger partial charge in [0.1, 0.15) is 29.4 Å². The van der Waals surface area contributed by atoms with Gasteiger partial charge < -0.3 is 14.4 Å². The van der Waals surface area contributed by atoms with Crippen molar-refractivity contribution in [2.24, 2.45) is 0 Å². The predicted molar refractivity (Wildman–Crippen MR) is 66.7 cm³/mol. The molecule has 0 fully saturated rings. The summed E-state index contributed by atoms with van der Waals surface area (Å²) in [4.78, 5) is 11.1. The summed E-state index contributed by atoms with van der Waals surface area (Å²) in [5.74, 6) is -0.0585. The van der Waals surface area contributed by atoms with Gasteiger partial charge >= 0.3 is 5.97 Å². The number of aromatic carboxylic acids is 1. The second-order valence-electron chi connectivity index (χ2n) is 3.66. The van der Waals surface area contributed by atoms with E-state index in [2.05, 4.69) is 21.1 Å². The smallest absolute Gasteiger partial charge is 0.339 e. The molecule has 0 amide bonds. The molecular formula is C12H10BrNO4. The lowest BCUT2D eigenvalue weighted by atomic mass is 10.2. The predicted octanol–water partition coefficient (Wildman–Crippen LogP) is 3.02. The lowest BCUT2D eigenvalue weighted by Crippen LogP contribution is -2.03. The van der Waals surface area contributed by atoms with E-state index in [0.717, 1.165) is 0 Å². The van der Waals surface area contributed by atoms with Gasteiger partial charge in [-0.1, -0.05) is 21.1 Å². The van der Waals surface area contributed by atoms with Crippen LogP contribution in [0.5, 0.6) is 5.75 Å². The number of benzene rings is 1. The maximum atomic E-state index is 11.1. The van der Waals surface area contributed by atoms with E-state index in [1.54, 1.807) is 25.1 Å². The molecule has 5 nitrogen and oxygen atoms in total. The normalized spacial score (nSPS) is 10.3. The van der Waals surface area contributed by atoms with Crippen LogP contribution in [0.4, 0.5) is 0 Å². The second-order valence-corrected chi connectivity index (χ2v) is 4.58.